The maximum atomic E-state index is 12.0. The van der Waals surface area contributed by atoms with Crippen molar-refractivity contribution < 1.29 is 4.79 Å². The molecule has 0 saturated carbocycles. The average Bonchev–Trinajstić information content (AvgIpc) is 3.11. The van der Waals surface area contributed by atoms with Gasteiger partial charge in [0.05, 0.1) is 22.2 Å². The quantitative estimate of drug-likeness (QED) is 0.347. The summed E-state index contributed by atoms with van der Waals surface area (Å²) in [5.74, 6) is 0.146. The van der Waals surface area contributed by atoms with Crippen molar-refractivity contribution in [1.82, 2.24) is 10.4 Å². The molecule has 3 rings (SSSR count). The number of nitrogens with zero attached hydrogens (tertiary/aromatic N) is 3. The Bertz CT molecular complexity index is 884. The van der Waals surface area contributed by atoms with Crippen LogP contribution in [0.5, 0.6) is 0 Å². The van der Waals surface area contributed by atoms with E-state index in [0.29, 0.717) is 0 Å². The summed E-state index contributed by atoms with van der Waals surface area (Å²) in [4.78, 5) is 18.8. The van der Waals surface area contributed by atoms with Crippen LogP contribution in [0, 0.1) is 0 Å². The second kappa shape index (κ2) is 9.53. The van der Waals surface area contributed by atoms with E-state index in [2.05, 4.69) is 46.4 Å². The molecule has 7 heteroatoms. The normalized spacial score (nSPS) is 11.2. The minimum absolute atomic E-state index is 0.143. The first-order valence-corrected chi connectivity index (χ1v) is 10.6. The first-order chi connectivity index (χ1) is 13.2. The van der Waals surface area contributed by atoms with Gasteiger partial charge in [-0.2, -0.15) is 5.10 Å². The Morgan fingerprint density at radius 1 is 1.19 bits per heavy atom. The first kappa shape index (κ1) is 19.4. The van der Waals surface area contributed by atoms with Crippen LogP contribution in [0.15, 0.2) is 58.0 Å². The van der Waals surface area contributed by atoms with E-state index in [9.17, 15) is 4.79 Å². The fourth-order valence-corrected chi connectivity index (χ4v) is 4.47. The van der Waals surface area contributed by atoms with Crippen molar-refractivity contribution in [1.29, 1.82) is 0 Å². The SMILES string of the molecule is CCN(CC)c1ccc(C=NNC(=O)CSc2nc3ccccc3s2)cc1. The van der Waals surface area contributed by atoms with Crippen LogP contribution in [-0.2, 0) is 4.79 Å². The molecule has 1 aromatic heterocycles. The van der Waals surface area contributed by atoms with Crippen molar-refractivity contribution >= 4 is 51.1 Å². The van der Waals surface area contributed by atoms with E-state index in [1.54, 1.807) is 17.6 Å². The lowest BCUT2D eigenvalue weighted by molar-refractivity contribution is -0.118. The van der Waals surface area contributed by atoms with E-state index in [4.69, 9.17) is 0 Å². The van der Waals surface area contributed by atoms with Crippen LogP contribution in [0.2, 0.25) is 0 Å². The molecule has 2 aromatic carbocycles. The maximum Gasteiger partial charge on any atom is 0.250 e. The highest BCUT2D eigenvalue weighted by Crippen LogP contribution is 2.28. The third-order valence-electron chi connectivity index (χ3n) is 4.03. The topological polar surface area (TPSA) is 57.6 Å². The molecule has 0 radical (unpaired) electrons. The van der Waals surface area contributed by atoms with Crippen LogP contribution in [0.3, 0.4) is 0 Å². The van der Waals surface area contributed by atoms with E-state index in [0.717, 1.165) is 33.2 Å². The number of para-hydroxylation sites is 1. The van der Waals surface area contributed by atoms with Crippen LogP contribution in [-0.4, -0.2) is 35.9 Å². The summed E-state index contributed by atoms with van der Waals surface area (Å²) in [6.45, 7) is 6.24. The Morgan fingerprint density at radius 3 is 2.63 bits per heavy atom. The van der Waals surface area contributed by atoms with Crippen LogP contribution in [0.25, 0.3) is 10.2 Å². The predicted molar refractivity (Wildman–Crippen MR) is 116 cm³/mol. The summed E-state index contributed by atoms with van der Waals surface area (Å²) in [5.41, 5.74) is 5.68. The van der Waals surface area contributed by atoms with Gasteiger partial charge in [-0.15, -0.1) is 11.3 Å². The predicted octanol–water partition coefficient (Wildman–Crippen LogP) is 4.38. The number of carbonyl (C=O) groups excluding carboxylic acids is 1. The minimum Gasteiger partial charge on any atom is -0.372 e. The van der Waals surface area contributed by atoms with Gasteiger partial charge in [0, 0.05) is 18.8 Å². The number of benzene rings is 2. The number of fused-ring (bicyclic) bond motifs is 1. The number of thioether (sulfide) groups is 1. The molecule has 0 bridgehead atoms. The zero-order chi connectivity index (χ0) is 19.1. The van der Waals surface area contributed by atoms with Crippen molar-refractivity contribution in [3.8, 4) is 0 Å². The number of carbonyl (C=O) groups is 1. The molecule has 0 unspecified atom stereocenters. The highest BCUT2D eigenvalue weighted by molar-refractivity contribution is 8.01. The number of rotatable bonds is 8. The van der Waals surface area contributed by atoms with E-state index < -0.39 is 0 Å². The Balaban J connectivity index is 1.48. The number of aromatic nitrogens is 1. The summed E-state index contributed by atoms with van der Waals surface area (Å²) in [7, 11) is 0. The monoisotopic (exact) mass is 398 g/mol. The zero-order valence-corrected chi connectivity index (χ0v) is 17.0. The van der Waals surface area contributed by atoms with Crippen molar-refractivity contribution in [2.45, 2.75) is 18.2 Å². The molecule has 0 fully saturated rings. The zero-order valence-electron chi connectivity index (χ0n) is 15.4. The number of hydrazone groups is 1. The van der Waals surface area contributed by atoms with Gasteiger partial charge in [0.2, 0.25) is 0 Å². The lowest BCUT2D eigenvalue weighted by Gasteiger charge is -2.20. The molecule has 0 aliphatic heterocycles. The number of amides is 1. The highest BCUT2D eigenvalue weighted by atomic mass is 32.2. The third-order valence-corrected chi connectivity index (χ3v) is 6.20. The molecule has 1 amide bonds. The van der Waals surface area contributed by atoms with Crippen LogP contribution in [0.4, 0.5) is 5.69 Å². The van der Waals surface area contributed by atoms with Gasteiger partial charge in [-0.1, -0.05) is 36.0 Å². The minimum atomic E-state index is -0.143. The first-order valence-electron chi connectivity index (χ1n) is 8.85. The second-order valence-electron chi connectivity index (χ2n) is 5.79. The maximum absolute atomic E-state index is 12.0. The van der Waals surface area contributed by atoms with Crippen LogP contribution < -0.4 is 10.3 Å². The van der Waals surface area contributed by atoms with Crippen molar-refractivity contribution in [3.05, 3.63) is 54.1 Å². The molecule has 140 valence electrons. The number of hydrogen-bond donors (Lipinski definition) is 1. The Hall–Kier alpha value is -2.38. The Kier molecular flexibility index (Phi) is 6.84. The molecule has 1 heterocycles. The molecule has 27 heavy (non-hydrogen) atoms. The summed E-state index contributed by atoms with van der Waals surface area (Å²) >= 11 is 3.02. The Morgan fingerprint density at radius 2 is 1.93 bits per heavy atom. The molecular formula is C20H22N4OS2. The summed E-state index contributed by atoms with van der Waals surface area (Å²) < 4.78 is 2.02. The number of thiazole rings is 1. The van der Waals surface area contributed by atoms with Gasteiger partial charge in [0.15, 0.2) is 4.34 Å². The van der Waals surface area contributed by atoms with E-state index in [1.807, 2.05) is 36.4 Å². The van der Waals surface area contributed by atoms with Gasteiger partial charge in [-0.25, -0.2) is 10.4 Å². The van der Waals surface area contributed by atoms with Gasteiger partial charge >= 0.3 is 0 Å². The molecule has 0 aliphatic rings. The van der Waals surface area contributed by atoms with E-state index >= 15 is 0 Å². The van der Waals surface area contributed by atoms with Gasteiger partial charge in [-0.05, 0) is 43.7 Å². The van der Waals surface area contributed by atoms with Crippen molar-refractivity contribution in [2.24, 2.45) is 5.10 Å². The lowest BCUT2D eigenvalue weighted by atomic mass is 10.2. The van der Waals surface area contributed by atoms with Crippen molar-refractivity contribution in [3.63, 3.8) is 0 Å². The highest BCUT2D eigenvalue weighted by Gasteiger charge is 2.07. The van der Waals surface area contributed by atoms with E-state index in [-0.39, 0.29) is 11.7 Å². The van der Waals surface area contributed by atoms with Crippen LogP contribution >= 0.6 is 23.1 Å². The van der Waals surface area contributed by atoms with Crippen molar-refractivity contribution in [2.75, 3.05) is 23.7 Å². The Labute approximate surface area is 167 Å². The van der Waals surface area contributed by atoms with Gasteiger partial charge in [0.1, 0.15) is 0 Å². The standard InChI is InChI=1S/C20H22N4OS2/c1-3-24(4-2)16-11-9-15(10-12-16)13-21-23-19(25)14-26-20-22-17-7-5-6-8-18(17)27-20/h5-13H,3-4,14H2,1-2H3,(H,23,25). The smallest absolute Gasteiger partial charge is 0.250 e. The number of anilines is 1. The second-order valence-corrected chi connectivity index (χ2v) is 8.05. The lowest BCUT2D eigenvalue weighted by Crippen LogP contribution is -2.21. The van der Waals surface area contributed by atoms with Gasteiger partial charge in [0.25, 0.3) is 5.91 Å². The summed E-state index contributed by atoms with van der Waals surface area (Å²) in [5, 5.41) is 4.04. The van der Waals surface area contributed by atoms with Gasteiger partial charge in [-0.3, -0.25) is 4.79 Å². The third kappa shape index (κ3) is 5.30. The molecule has 0 spiro atoms. The molecule has 0 saturated heterocycles. The average molecular weight is 399 g/mol. The largest absolute Gasteiger partial charge is 0.372 e. The van der Waals surface area contributed by atoms with E-state index in [1.165, 1.54) is 17.4 Å². The summed E-state index contributed by atoms with van der Waals surface area (Å²) in [6, 6.07) is 16.1. The molecule has 3 aromatic rings. The molecule has 1 N–H and O–H groups in total. The summed E-state index contributed by atoms with van der Waals surface area (Å²) in [6.07, 6.45) is 1.66. The number of hydrogen-bond acceptors (Lipinski definition) is 6. The fraction of sp³-hybridized carbons (Fsp3) is 0.250. The number of nitrogens with one attached hydrogen (secondary N) is 1. The molecule has 0 atom stereocenters. The molecule has 5 nitrogen and oxygen atoms in total. The van der Waals surface area contributed by atoms with Crippen LogP contribution in [0.1, 0.15) is 19.4 Å². The fourth-order valence-electron chi connectivity index (χ4n) is 2.61. The van der Waals surface area contributed by atoms with Gasteiger partial charge < -0.3 is 4.90 Å². The molecule has 0 aliphatic carbocycles. The molecular weight excluding hydrogens is 376 g/mol.